The molecule has 0 aliphatic carbocycles. The van der Waals surface area contributed by atoms with Gasteiger partial charge in [-0.3, -0.25) is 4.79 Å². The minimum absolute atomic E-state index is 0.0949. The molecule has 1 saturated heterocycles. The lowest BCUT2D eigenvalue weighted by atomic mass is 10.2. The van der Waals surface area contributed by atoms with Crippen LogP contribution in [0.5, 0.6) is 0 Å². The highest BCUT2D eigenvalue weighted by molar-refractivity contribution is 8.20. The first-order chi connectivity index (χ1) is 4.69. The lowest BCUT2D eigenvalue weighted by Gasteiger charge is -2.17. The van der Waals surface area contributed by atoms with Crippen molar-refractivity contribution in [3.63, 3.8) is 0 Å². The predicted molar refractivity (Wildman–Crippen MR) is 45.3 cm³/mol. The van der Waals surface area contributed by atoms with Gasteiger partial charge in [0.2, 0.25) is 0 Å². The van der Waals surface area contributed by atoms with E-state index in [1.807, 2.05) is 6.92 Å². The Morgan fingerprint density at radius 1 is 1.70 bits per heavy atom. The summed E-state index contributed by atoms with van der Waals surface area (Å²) in [7, 11) is 1.44. The molecule has 1 heterocycles. The largest absolute Gasteiger partial charge is 0.468 e. The van der Waals surface area contributed by atoms with Crippen molar-refractivity contribution >= 4 is 29.5 Å². The SMILES string of the molecule is COC(=O)C1(C)CSCS1. The molecule has 0 bridgehead atoms. The average Bonchev–Trinajstić information content (AvgIpc) is 2.36. The van der Waals surface area contributed by atoms with Gasteiger partial charge in [0.05, 0.1) is 7.11 Å². The van der Waals surface area contributed by atoms with Crippen LogP contribution in [0.15, 0.2) is 0 Å². The maximum Gasteiger partial charge on any atom is 0.322 e. The third-order valence-corrected chi connectivity index (χ3v) is 4.51. The van der Waals surface area contributed by atoms with Gasteiger partial charge in [-0.05, 0) is 6.92 Å². The van der Waals surface area contributed by atoms with E-state index < -0.39 is 0 Å². The van der Waals surface area contributed by atoms with Crippen molar-refractivity contribution in [3.8, 4) is 0 Å². The van der Waals surface area contributed by atoms with Gasteiger partial charge in [0, 0.05) is 10.8 Å². The molecule has 1 rings (SSSR count). The third kappa shape index (κ3) is 1.42. The molecule has 0 aromatic rings. The summed E-state index contributed by atoms with van der Waals surface area (Å²) in [5, 5.41) is 1.01. The summed E-state index contributed by atoms with van der Waals surface area (Å²) in [5.74, 6) is 0.784. The zero-order valence-electron chi connectivity index (χ0n) is 6.05. The van der Waals surface area contributed by atoms with Crippen LogP contribution >= 0.6 is 23.5 Å². The highest BCUT2D eigenvalue weighted by Gasteiger charge is 2.38. The number of ether oxygens (including phenoxy) is 1. The van der Waals surface area contributed by atoms with Crippen molar-refractivity contribution in [1.82, 2.24) is 0 Å². The molecular formula is C6H10O2S2. The summed E-state index contributed by atoms with van der Waals surface area (Å²) in [5.41, 5.74) is 0. The smallest absolute Gasteiger partial charge is 0.322 e. The quantitative estimate of drug-likeness (QED) is 0.566. The van der Waals surface area contributed by atoms with Crippen LogP contribution in [0.4, 0.5) is 0 Å². The molecule has 0 amide bonds. The van der Waals surface area contributed by atoms with Gasteiger partial charge in [-0.1, -0.05) is 0 Å². The molecule has 2 nitrogen and oxygen atoms in total. The number of esters is 1. The normalized spacial score (nSPS) is 32.2. The van der Waals surface area contributed by atoms with E-state index in [0.29, 0.717) is 0 Å². The predicted octanol–water partition coefficient (Wildman–Crippen LogP) is 1.36. The van der Waals surface area contributed by atoms with Gasteiger partial charge in [-0.15, -0.1) is 23.5 Å². The second kappa shape index (κ2) is 3.05. The van der Waals surface area contributed by atoms with Gasteiger partial charge < -0.3 is 4.74 Å². The molecular weight excluding hydrogens is 168 g/mol. The monoisotopic (exact) mass is 178 g/mol. The molecule has 1 atom stereocenters. The Morgan fingerprint density at radius 3 is 2.80 bits per heavy atom. The maximum absolute atomic E-state index is 11.1. The number of thioether (sulfide) groups is 2. The van der Waals surface area contributed by atoms with Gasteiger partial charge in [0.15, 0.2) is 0 Å². The summed E-state index contributed by atoms with van der Waals surface area (Å²) < 4.78 is 4.39. The molecule has 0 aromatic heterocycles. The van der Waals surface area contributed by atoms with E-state index in [2.05, 4.69) is 4.74 Å². The molecule has 4 heteroatoms. The molecule has 10 heavy (non-hydrogen) atoms. The fourth-order valence-corrected chi connectivity index (χ4v) is 3.78. The molecule has 1 unspecified atom stereocenters. The summed E-state index contributed by atoms with van der Waals surface area (Å²) in [6.45, 7) is 1.93. The Morgan fingerprint density at radius 2 is 2.40 bits per heavy atom. The molecule has 0 aromatic carbocycles. The van der Waals surface area contributed by atoms with Crippen LogP contribution < -0.4 is 0 Å². The fraction of sp³-hybridized carbons (Fsp3) is 0.833. The number of carbonyl (C=O) groups is 1. The van der Waals surface area contributed by atoms with Gasteiger partial charge in [-0.25, -0.2) is 0 Å². The molecule has 0 radical (unpaired) electrons. The Labute approximate surface area is 69.1 Å². The number of hydrogen-bond acceptors (Lipinski definition) is 4. The zero-order valence-corrected chi connectivity index (χ0v) is 7.68. The molecule has 1 aliphatic rings. The summed E-state index contributed by atoms with van der Waals surface area (Å²) in [6.07, 6.45) is 0. The van der Waals surface area contributed by atoms with Gasteiger partial charge in [0.1, 0.15) is 4.75 Å². The van der Waals surface area contributed by atoms with Crippen LogP contribution in [-0.4, -0.2) is 28.7 Å². The van der Waals surface area contributed by atoms with E-state index in [4.69, 9.17) is 0 Å². The molecule has 1 fully saturated rings. The van der Waals surface area contributed by atoms with E-state index in [9.17, 15) is 4.79 Å². The van der Waals surface area contributed by atoms with Crippen molar-refractivity contribution in [1.29, 1.82) is 0 Å². The second-order valence-corrected chi connectivity index (χ2v) is 5.16. The summed E-state index contributed by atoms with van der Waals surface area (Å²) >= 11 is 3.45. The number of hydrogen-bond donors (Lipinski definition) is 0. The van der Waals surface area contributed by atoms with Crippen molar-refractivity contribution in [2.24, 2.45) is 0 Å². The number of rotatable bonds is 1. The minimum Gasteiger partial charge on any atom is -0.468 e. The van der Waals surface area contributed by atoms with Crippen molar-refractivity contribution in [3.05, 3.63) is 0 Å². The Kier molecular flexibility index (Phi) is 2.52. The topological polar surface area (TPSA) is 26.3 Å². The van der Waals surface area contributed by atoms with Crippen LogP contribution in [0.1, 0.15) is 6.92 Å². The van der Waals surface area contributed by atoms with Crippen molar-refractivity contribution < 1.29 is 9.53 Å². The van der Waals surface area contributed by atoms with Crippen LogP contribution in [0.2, 0.25) is 0 Å². The molecule has 0 spiro atoms. The molecule has 1 aliphatic heterocycles. The standard InChI is InChI=1S/C6H10O2S2/c1-6(5(7)8-2)3-9-4-10-6/h3-4H2,1-2H3. The summed E-state index contributed by atoms with van der Waals surface area (Å²) in [4.78, 5) is 11.1. The highest BCUT2D eigenvalue weighted by Crippen LogP contribution is 2.39. The maximum atomic E-state index is 11.1. The van der Waals surface area contributed by atoms with Crippen molar-refractivity contribution in [2.45, 2.75) is 11.7 Å². The Balaban J connectivity index is 2.58. The van der Waals surface area contributed by atoms with Gasteiger partial charge >= 0.3 is 5.97 Å². The molecule has 0 saturated carbocycles. The highest BCUT2D eigenvalue weighted by atomic mass is 32.2. The van der Waals surface area contributed by atoms with E-state index >= 15 is 0 Å². The molecule has 58 valence electrons. The van der Waals surface area contributed by atoms with Gasteiger partial charge in [-0.2, -0.15) is 0 Å². The lowest BCUT2D eigenvalue weighted by molar-refractivity contribution is -0.142. The Hall–Kier alpha value is 0.170. The number of carbonyl (C=O) groups excluding carboxylic acids is 1. The Bertz CT molecular complexity index is 141. The van der Waals surface area contributed by atoms with E-state index in [1.165, 1.54) is 7.11 Å². The minimum atomic E-state index is -0.278. The zero-order chi connectivity index (χ0) is 7.61. The fourth-order valence-electron chi connectivity index (χ4n) is 0.784. The van der Waals surface area contributed by atoms with Crippen LogP contribution in [0, 0.1) is 0 Å². The molecule has 0 N–H and O–H groups in total. The van der Waals surface area contributed by atoms with E-state index in [-0.39, 0.29) is 10.7 Å². The first kappa shape index (κ1) is 8.27. The second-order valence-electron chi connectivity index (χ2n) is 2.33. The van der Waals surface area contributed by atoms with Gasteiger partial charge in [0.25, 0.3) is 0 Å². The average molecular weight is 178 g/mol. The van der Waals surface area contributed by atoms with Crippen LogP contribution in [0.3, 0.4) is 0 Å². The first-order valence-corrected chi connectivity index (χ1v) is 5.13. The van der Waals surface area contributed by atoms with Crippen molar-refractivity contribution in [2.75, 3.05) is 17.9 Å². The summed E-state index contributed by atoms with van der Waals surface area (Å²) in [6, 6.07) is 0. The van der Waals surface area contributed by atoms with E-state index in [1.54, 1.807) is 23.5 Å². The number of methoxy groups -OCH3 is 1. The first-order valence-electron chi connectivity index (χ1n) is 2.99. The van der Waals surface area contributed by atoms with E-state index in [0.717, 1.165) is 10.8 Å². The van der Waals surface area contributed by atoms with Crippen LogP contribution in [-0.2, 0) is 9.53 Å². The van der Waals surface area contributed by atoms with Crippen LogP contribution in [0.25, 0.3) is 0 Å². The third-order valence-electron chi connectivity index (χ3n) is 1.46. The lowest BCUT2D eigenvalue weighted by Crippen LogP contribution is -2.32.